The van der Waals surface area contributed by atoms with Crippen molar-refractivity contribution in [1.82, 2.24) is 5.32 Å². The van der Waals surface area contributed by atoms with Crippen molar-refractivity contribution in [3.63, 3.8) is 0 Å². The molecule has 0 radical (unpaired) electrons. The summed E-state index contributed by atoms with van der Waals surface area (Å²) < 4.78 is 0. The lowest BCUT2D eigenvalue weighted by atomic mass is 10.1. The highest BCUT2D eigenvalue weighted by molar-refractivity contribution is 8.03. The number of hydrogen-bond donors (Lipinski definition) is 2. The van der Waals surface area contributed by atoms with Crippen LogP contribution in [0.1, 0.15) is 12.8 Å². The molecule has 0 aromatic rings. The van der Waals surface area contributed by atoms with Gasteiger partial charge in [-0.2, -0.15) is 0 Å². The molecule has 1 rings (SSSR count). The minimum atomic E-state index is -0.151. The van der Waals surface area contributed by atoms with Gasteiger partial charge in [0.25, 0.3) is 0 Å². The van der Waals surface area contributed by atoms with E-state index in [4.69, 9.17) is 0 Å². The highest BCUT2D eigenvalue weighted by Crippen LogP contribution is 2.27. The predicted molar refractivity (Wildman–Crippen MR) is 49.7 cm³/mol. The van der Waals surface area contributed by atoms with Gasteiger partial charge in [0.05, 0.1) is 6.10 Å². The zero-order valence-corrected chi connectivity index (χ0v) is 7.60. The molecule has 0 amide bonds. The quantitative estimate of drug-likeness (QED) is 0.664. The molecule has 2 unspecified atom stereocenters. The third-order valence-electron chi connectivity index (χ3n) is 1.84. The summed E-state index contributed by atoms with van der Waals surface area (Å²) in [6.45, 7) is 0.901. The lowest BCUT2D eigenvalue weighted by Crippen LogP contribution is -2.25. The molecule has 0 saturated carbocycles. The van der Waals surface area contributed by atoms with Crippen molar-refractivity contribution in [2.45, 2.75) is 24.2 Å². The third-order valence-corrected chi connectivity index (χ3v) is 3.04. The second-order valence-corrected chi connectivity index (χ2v) is 3.89. The molecular formula is C8H15NOS. The number of allylic oxidation sites excluding steroid dienone is 1. The van der Waals surface area contributed by atoms with Crippen LogP contribution < -0.4 is 5.32 Å². The van der Waals surface area contributed by atoms with E-state index in [1.54, 1.807) is 11.8 Å². The summed E-state index contributed by atoms with van der Waals surface area (Å²) in [5.41, 5.74) is 0. The molecule has 0 aromatic heterocycles. The summed E-state index contributed by atoms with van der Waals surface area (Å²) in [7, 11) is 1.91. The molecule has 1 heterocycles. The largest absolute Gasteiger partial charge is 0.392 e. The van der Waals surface area contributed by atoms with E-state index in [1.165, 1.54) is 0 Å². The topological polar surface area (TPSA) is 32.3 Å². The van der Waals surface area contributed by atoms with Gasteiger partial charge in [0.2, 0.25) is 0 Å². The molecule has 0 aliphatic carbocycles. The normalized spacial score (nSPS) is 25.8. The first kappa shape index (κ1) is 9.10. The molecule has 0 aromatic carbocycles. The fourth-order valence-corrected chi connectivity index (χ4v) is 2.09. The Balaban J connectivity index is 2.13. The summed E-state index contributed by atoms with van der Waals surface area (Å²) in [5.74, 6) is 0. The van der Waals surface area contributed by atoms with Gasteiger partial charge in [-0.25, -0.2) is 0 Å². The fourth-order valence-electron chi connectivity index (χ4n) is 1.13. The zero-order chi connectivity index (χ0) is 8.10. The summed E-state index contributed by atoms with van der Waals surface area (Å²) in [6, 6.07) is 0. The first-order valence-corrected chi connectivity index (χ1v) is 4.92. The number of thioether (sulfide) groups is 1. The second-order valence-electron chi connectivity index (χ2n) is 2.74. The van der Waals surface area contributed by atoms with Crippen molar-refractivity contribution in [2.24, 2.45) is 0 Å². The van der Waals surface area contributed by atoms with Gasteiger partial charge in [-0.1, -0.05) is 6.08 Å². The molecule has 1 aliphatic heterocycles. The Morgan fingerprint density at radius 1 is 1.82 bits per heavy atom. The molecule has 0 spiro atoms. The molecule has 1 aliphatic rings. The molecule has 3 heteroatoms. The van der Waals surface area contributed by atoms with Crippen LogP contribution in [0, 0.1) is 0 Å². The van der Waals surface area contributed by atoms with E-state index in [9.17, 15) is 5.11 Å². The Kier molecular flexibility index (Phi) is 3.97. The Hall–Kier alpha value is 0.01000. The van der Waals surface area contributed by atoms with Crippen LogP contribution in [0.5, 0.6) is 0 Å². The smallest absolute Gasteiger partial charge is 0.0677 e. The van der Waals surface area contributed by atoms with Crippen LogP contribution >= 0.6 is 11.8 Å². The maximum atomic E-state index is 9.58. The van der Waals surface area contributed by atoms with Crippen LogP contribution in [0.2, 0.25) is 0 Å². The number of rotatable bonds is 4. The second kappa shape index (κ2) is 4.80. The van der Waals surface area contributed by atoms with Crippen LogP contribution in [0.4, 0.5) is 0 Å². The summed E-state index contributed by atoms with van der Waals surface area (Å²) in [4.78, 5) is 0. The van der Waals surface area contributed by atoms with Crippen molar-refractivity contribution < 1.29 is 5.11 Å². The Bertz CT molecular complexity index is 130. The maximum absolute atomic E-state index is 9.58. The third kappa shape index (κ3) is 2.85. The van der Waals surface area contributed by atoms with Crippen molar-refractivity contribution >= 4 is 11.8 Å². The molecule has 2 N–H and O–H groups in total. The monoisotopic (exact) mass is 173 g/mol. The average Bonchev–Trinajstić information content (AvgIpc) is 2.52. The van der Waals surface area contributed by atoms with Crippen LogP contribution in [0.3, 0.4) is 0 Å². The molecule has 2 atom stereocenters. The minimum Gasteiger partial charge on any atom is -0.392 e. The molecule has 0 bridgehead atoms. The molecular weight excluding hydrogens is 158 g/mol. The average molecular weight is 173 g/mol. The molecule has 2 nitrogen and oxygen atoms in total. The number of aliphatic hydroxyl groups is 1. The SMILES string of the molecule is CNCCC(O)C1CC=CS1. The van der Waals surface area contributed by atoms with Gasteiger partial charge >= 0.3 is 0 Å². The maximum Gasteiger partial charge on any atom is 0.0677 e. The van der Waals surface area contributed by atoms with Gasteiger partial charge in [0, 0.05) is 5.25 Å². The molecule has 0 saturated heterocycles. The van der Waals surface area contributed by atoms with E-state index in [0.29, 0.717) is 5.25 Å². The van der Waals surface area contributed by atoms with Crippen LogP contribution in [0.25, 0.3) is 0 Å². The van der Waals surface area contributed by atoms with Crippen molar-refractivity contribution in [3.8, 4) is 0 Å². The van der Waals surface area contributed by atoms with Gasteiger partial charge in [-0.15, -0.1) is 11.8 Å². The van der Waals surface area contributed by atoms with E-state index in [-0.39, 0.29) is 6.10 Å². The highest BCUT2D eigenvalue weighted by atomic mass is 32.2. The van der Waals surface area contributed by atoms with Crippen LogP contribution in [-0.2, 0) is 0 Å². The first-order valence-electron chi connectivity index (χ1n) is 3.97. The van der Waals surface area contributed by atoms with Gasteiger partial charge in [-0.3, -0.25) is 0 Å². The molecule has 11 heavy (non-hydrogen) atoms. The van der Waals surface area contributed by atoms with E-state index in [2.05, 4.69) is 16.8 Å². The fraction of sp³-hybridized carbons (Fsp3) is 0.750. The first-order chi connectivity index (χ1) is 5.34. The van der Waals surface area contributed by atoms with Gasteiger partial charge in [0.1, 0.15) is 0 Å². The standard InChI is InChI=1S/C8H15NOS/c1-9-5-4-7(10)8-3-2-6-11-8/h2,6-10H,3-5H2,1H3. The van der Waals surface area contributed by atoms with Crippen LogP contribution in [-0.4, -0.2) is 30.1 Å². The van der Waals surface area contributed by atoms with Gasteiger partial charge in [0.15, 0.2) is 0 Å². The Morgan fingerprint density at radius 2 is 2.64 bits per heavy atom. The lowest BCUT2D eigenvalue weighted by Gasteiger charge is -2.16. The summed E-state index contributed by atoms with van der Waals surface area (Å²) in [5, 5.41) is 15.1. The Morgan fingerprint density at radius 3 is 3.18 bits per heavy atom. The summed E-state index contributed by atoms with van der Waals surface area (Å²) in [6.07, 6.45) is 3.85. The number of nitrogens with one attached hydrogen (secondary N) is 1. The number of hydrogen-bond acceptors (Lipinski definition) is 3. The van der Waals surface area contributed by atoms with Gasteiger partial charge in [-0.05, 0) is 31.8 Å². The zero-order valence-electron chi connectivity index (χ0n) is 6.79. The number of aliphatic hydroxyl groups excluding tert-OH is 1. The van der Waals surface area contributed by atoms with Crippen molar-refractivity contribution in [1.29, 1.82) is 0 Å². The van der Waals surface area contributed by atoms with Crippen molar-refractivity contribution in [2.75, 3.05) is 13.6 Å². The van der Waals surface area contributed by atoms with E-state index in [0.717, 1.165) is 19.4 Å². The van der Waals surface area contributed by atoms with Gasteiger partial charge < -0.3 is 10.4 Å². The van der Waals surface area contributed by atoms with E-state index in [1.807, 2.05) is 7.05 Å². The van der Waals surface area contributed by atoms with Crippen molar-refractivity contribution in [3.05, 3.63) is 11.5 Å². The van der Waals surface area contributed by atoms with Crippen LogP contribution in [0.15, 0.2) is 11.5 Å². The summed E-state index contributed by atoms with van der Waals surface area (Å²) >= 11 is 1.74. The predicted octanol–water partition coefficient (Wildman–Crippen LogP) is 0.976. The molecule has 0 fully saturated rings. The highest BCUT2D eigenvalue weighted by Gasteiger charge is 2.19. The van der Waals surface area contributed by atoms with E-state index >= 15 is 0 Å². The minimum absolute atomic E-state index is 0.151. The Labute approximate surface area is 72.1 Å². The lowest BCUT2D eigenvalue weighted by molar-refractivity contribution is 0.162. The van der Waals surface area contributed by atoms with E-state index < -0.39 is 0 Å². The molecule has 64 valence electrons.